The van der Waals surface area contributed by atoms with E-state index in [9.17, 15) is 8.42 Å². The Hall–Kier alpha value is -1.71. The van der Waals surface area contributed by atoms with Crippen molar-refractivity contribution in [3.63, 3.8) is 0 Å². The van der Waals surface area contributed by atoms with Crippen molar-refractivity contribution in [2.45, 2.75) is 40.3 Å². The first-order chi connectivity index (χ1) is 13.3. The van der Waals surface area contributed by atoms with Crippen LogP contribution < -0.4 is 5.32 Å². The van der Waals surface area contributed by atoms with Crippen LogP contribution in [0.4, 0.5) is 0 Å². The summed E-state index contributed by atoms with van der Waals surface area (Å²) in [5, 5.41) is 3.30. The van der Waals surface area contributed by atoms with Gasteiger partial charge in [0.25, 0.3) is 0 Å². The summed E-state index contributed by atoms with van der Waals surface area (Å²) in [6.07, 6.45) is 0.0360. The van der Waals surface area contributed by atoms with Crippen LogP contribution in [0.3, 0.4) is 0 Å². The van der Waals surface area contributed by atoms with Gasteiger partial charge in [0.05, 0.1) is 30.7 Å². The molecular weight excluding hydrogens is 378 g/mol. The summed E-state index contributed by atoms with van der Waals surface area (Å²) in [5.41, 5.74) is 1.89. The molecule has 1 aliphatic heterocycles. The summed E-state index contributed by atoms with van der Waals surface area (Å²) in [6, 6.07) is 5.90. The zero-order chi connectivity index (χ0) is 20.6. The Bertz CT molecular complexity index is 744. The predicted octanol–water partition coefficient (Wildman–Crippen LogP) is 1.23. The van der Waals surface area contributed by atoms with Gasteiger partial charge in [0.2, 0.25) is 10.0 Å². The van der Waals surface area contributed by atoms with Crippen molar-refractivity contribution in [2.75, 3.05) is 45.1 Å². The largest absolute Gasteiger partial charge is 0.378 e. The number of hydrogen-bond donors (Lipinski definition) is 1. The number of ether oxygens (including phenoxy) is 1. The summed E-state index contributed by atoms with van der Waals surface area (Å²) in [5.74, 6) is 0.823. The van der Waals surface area contributed by atoms with Gasteiger partial charge in [0.15, 0.2) is 5.96 Å². The van der Waals surface area contributed by atoms with E-state index in [4.69, 9.17) is 4.74 Å². The van der Waals surface area contributed by atoms with E-state index in [0.29, 0.717) is 32.7 Å². The van der Waals surface area contributed by atoms with Crippen LogP contribution in [-0.2, 0) is 21.3 Å². The average molecular weight is 412 g/mol. The number of aryl methyl sites for hydroxylation is 1. The molecule has 0 atom stereocenters. The van der Waals surface area contributed by atoms with E-state index in [1.165, 1.54) is 0 Å². The van der Waals surface area contributed by atoms with Crippen molar-refractivity contribution in [2.24, 2.45) is 4.99 Å². The first kappa shape index (κ1) is 22.6. The van der Waals surface area contributed by atoms with Gasteiger partial charge in [0, 0.05) is 38.4 Å². The third kappa shape index (κ3) is 7.03. The number of piperazine rings is 1. The fourth-order valence-electron chi connectivity index (χ4n) is 2.97. The minimum Gasteiger partial charge on any atom is -0.378 e. The summed E-state index contributed by atoms with van der Waals surface area (Å²) in [7, 11) is -3.29. The van der Waals surface area contributed by atoms with Crippen LogP contribution in [0.5, 0.6) is 0 Å². The van der Waals surface area contributed by atoms with Gasteiger partial charge in [0.1, 0.15) is 0 Å². The molecule has 8 nitrogen and oxygen atoms in total. The van der Waals surface area contributed by atoms with Crippen molar-refractivity contribution < 1.29 is 13.2 Å². The SMILES string of the molecule is CCNC(=NCc1cccc(C)n1)N1CCN(S(=O)(=O)CCOC(C)C)CC1. The molecule has 1 N–H and O–H groups in total. The fourth-order valence-corrected chi connectivity index (χ4v) is 4.25. The summed E-state index contributed by atoms with van der Waals surface area (Å²) in [6.45, 7) is 11.4. The molecule has 2 heterocycles. The number of aromatic nitrogens is 1. The maximum absolute atomic E-state index is 12.5. The lowest BCUT2D eigenvalue weighted by atomic mass is 10.3. The quantitative estimate of drug-likeness (QED) is 0.511. The van der Waals surface area contributed by atoms with Crippen molar-refractivity contribution in [3.8, 4) is 0 Å². The molecule has 1 aromatic heterocycles. The first-order valence-corrected chi connectivity index (χ1v) is 11.5. The monoisotopic (exact) mass is 411 g/mol. The number of hydrogen-bond acceptors (Lipinski definition) is 5. The number of nitrogens with zero attached hydrogens (tertiary/aromatic N) is 4. The number of sulfonamides is 1. The lowest BCUT2D eigenvalue weighted by molar-refractivity contribution is 0.0904. The highest BCUT2D eigenvalue weighted by atomic mass is 32.2. The number of nitrogens with one attached hydrogen (secondary N) is 1. The Morgan fingerprint density at radius 3 is 2.61 bits per heavy atom. The summed E-state index contributed by atoms with van der Waals surface area (Å²) in [4.78, 5) is 11.3. The van der Waals surface area contributed by atoms with Gasteiger partial charge in [-0.3, -0.25) is 4.98 Å². The molecule has 0 aromatic carbocycles. The smallest absolute Gasteiger partial charge is 0.216 e. The van der Waals surface area contributed by atoms with Gasteiger partial charge in [-0.05, 0) is 39.8 Å². The van der Waals surface area contributed by atoms with E-state index in [1.807, 2.05) is 45.9 Å². The van der Waals surface area contributed by atoms with Gasteiger partial charge < -0.3 is 15.0 Å². The first-order valence-electron chi connectivity index (χ1n) is 9.87. The summed E-state index contributed by atoms with van der Waals surface area (Å²) >= 11 is 0. The van der Waals surface area contributed by atoms with E-state index >= 15 is 0 Å². The van der Waals surface area contributed by atoms with Gasteiger partial charge in [-0.1, -0.05) is 6.07 Å². The third-order valence-electron chi connectivity index (χ3n) is 4.40. The zero-order valence-electron chi connectivity index (χ0n) is 17.4. The second kappa shape index (κ2) is 10.7. The molecular formula is C19H33N5O3S. The molecule has 1 aliphatic rings. The van der Waals surface area contributed by atoms with E-state index in [1.54, 1.807) is 4.31 Å². The van der Waals surface area contributed by atoms with E-state index in [0.717, 1.165) is 23.9 Å². The van der Waals surface area contributed by atoms with Crippen LogP contribution in [0.25, 0.3) is 0 Å². The van der Waals surface area contributed by atoms with E-state index in [2.05, 4.69) is 20.2 Å². The van der Waals surface area contributed by atoms with Crippen molar-refractivity contribution in [3.05, 3.63) is 29.6 Å². The van der Waals surface area contributed by atoms with Crippen LogP contribution in [0.2, 0.25) is 0 Å². The Kier molecular flexibility index (Phi) is 8.65. The zero-order valence-corrected chi connectivity index (χ0v) is 18.2. The maximum atomic E-state index is 12.5. The highest BCUT2D eigenvalue weighted by molar-refractivity contribution is 7.89. The van der Waals surface area contributed by atoms with Crippen molar-refractivity contribution in [1.29, 1.82) is 0 Å². The molecule has 0 saturated carbocycles. The Labute approximate surface area is 169 Å². The molecule has 0 spiro atoms. The highest BCUT2D eigenvalue weighted by Crippen LogP contribution is 2.10. The lowest BCUT2D eigenvalue weighted by Gasteiger charge is -2.35. The van der Waals surface area contributed by atoms with Gasteiger partial charge in [-0.15, -0.1) is 0 Å². The normalized spacial score (nSPS) is 16.6. The topological polar surface area (TPSA) is 87.1 Å². The van der Waals surface area contributed by atoms with Crippen molar-refractivity contribution >= 4 is 16.0 Å². The molecule has 0 bridgehead atoms. The minimum atomic E-state index is -3.29. The second-order valence-electron chi connectivity index (χ2n) is 7.06. The molecule has 0 aliphatic carbocycles. The number of pyridine rings is 1. The van der Waals surface area contributed by atoms with Gasteiger partial charge >= 0.3 is 0 Å². The summed E-state index contributed by atoms with van der Waals surface area (Å²) < 4.78 is 31.9. The predicted molar refractivity (Wildman–Crippen MR) is 112 cm³/mol. The average Bonchev–Trinajstić information content (AvgIpc) is 2.65. The Balaban J connectivity index is 1.93. The van der Waals surface area contributed by atoms with Gasteiger partial charge in [-0.2, -0.15) is 4.31 Å². The second-order valence-corrected chi connectivity index (χ2v) is 9.15. The molecule has 9 heteroatoms. The minimum absolute atomic E-state index is 0.0262. The molecule has 1 aromatic rings. The molecule has 1 saturated heterocycles. The van der Waals surface area contributed by atoms with E-state index in [-0.39, 0.29) is 18.5 Å². The number of guanidine groups is 1. The van der Waals surface area contributed by atoms with Crippen LogP contribution in [0.15, 0.2) is 23.2 Å². The van der Waals surface area contributed by atoms with Gasteiger partial charge in [-0.25, -0.2) is 13.4 Å². The van der Waals surface area contributed by atoms with Crippen LogP contribution in [0, 0.1) is 6.92 Å². The van der Waals surface area contributed by atoms with Crippen molar-refractivity contribution in [1.82, 2.24) is 19.5 Å². The third-order valence-corrected chi connectivity index (χ3v) is 6.23. The molecule has 0 radical (unpaired) electrons. The lowest BCUT2D eigenvalue weighted by Crippen LogP contribution is -2.54. The van der Waals surface area contributed by atoms with Crippen LogP contribution in [0.1, 0.15) is 32.2 Å². The Morgan fingerprint density at radius 2 is 2.00 bits per heavy atom. The molecule has 0 amide bonds. The molecule has 28 heavy (non-hydrogen) atoms. The Morgan fingerprint density at radius 1 is 1.29 bits per heavy atom. The maximum Gasteiger partial charge on any atom is 0.216 e. The molecule has 158 valence electrons. The fraction of sp³-hybridized carbons (Fsp3) is 0.684. The molecule has 0 unspecified atom stereocenters. The highest BCUT2D eigenvalue weighted by Gasteiger charge is 2.28. The number of aliphatic imine (C=N–C) groups is 1. The molecule has 1 fully saturated rings. The standard InChI is InChI=1S/C19H33N5O3S/c1-5-20-19(21-15-18-8-6-7-17(4)22-18)23-9-11-24(12-10-23)28(25,26)14-13-27-16(2)3/h6-8,16H,5,9-15H2,1-4H3,(H,20,21). The number of rotatable bonds is 8. The van der Waals surface area contributed by atoms with E-state index < -0.39 is 10.0 Å². The molecule has 2 rings (SSSR count). The van der Waals surface area contributed by atoms with Crippen LogP contribution in [-0.4, -0.2) is 79.8 Å². The van der Waals surface area contributed by atoms with Crippen LogP contribution >= 0.6 is 0 Å².